The first-order chi connectivity index (χ1) is 12.0. The second-order valence-corrected chi connectivity index (χ2v) is 5.26. The van der Waals surface area contributed by atoms with E-state index in [9.17, 15) is 14.4 Å². The molecule has 25 heavy (non-hydrogen) atoms. The molecule has 2 heterocycles. The van der Waals surface area contributed by atoms with E-state index in [4.69, 9.17) is 10.8 Å². The number of aromatic nitrogens is 2. The first kappa shape index (κ1) is 16.4. The van der Waals surface area contributed by atoms with E-state index in [1.807, 2.05) is 0 Å². The highest BCUT2D eigenvalue weighted by Gasteiger charge is 2.30. The second kappa shape index (κ2) is 6.57. The van der Waals surface area contributed by atoms with Crippen molar-refractivity contribution < 1.29 is 19.5 Å². The lowest BCUT2D eigenvalue weighted by molar-refractivity contribution is -0.137. The molecule has 3 rings (SSSR count). The Morgan fingerprint density at radius 2 is 1.92 bits per heavy atom. The zero-order valence-corrected chi connectivity index (χ0v) is 13.0. The molecule has 0 saturated heterocycles. The molecule has 2 aromatic rings. The molecule has 0 saturated carbocycles. The van der Waals surface area contributed by atoms with Gasteiger partial charge in [-0.1, -0.05) is 0 Å². The fraction of sp³-hybridized carbons (Fsp3) is 0.125. The van der Waals surface area contributed by atoms with E-state index < -0.39 is 17.7 Å². The maximum Gasteiger partial charge on any atom is 0.277 e. The number of β-amino-alcohol motifs (C(OH)–C–C–N with tert-alkyl or cyclic N) is 1. The van der Waals surface area contributed by atoms with Gasteiger partial charge in [0, 0.05) is 18.0 Å². The minimum Gasteiger partial charge on any atom is -0.395 e. The third-order valence-corrected chi connectivity index (χ3v) is 3.59. The van der Waals surface area contributed by atoms with Crippen LogP contribution in [0.15, 0.2) is 48.3 Å². The van der Waals surface area contributed by atoms with Gasteiger partial charge in [0.15, 0.2) is 0 Å². The van der Waals surface area contributed by atoms with Gasteiger partial charge in [0.2, 0.25) is 0 Å². The molecule has 3 amide bonds. The van der Waals surface area contributed by atoms with E-state index in [1.165, 1.54) is 16.8 Å². The van der Waals surface area contributed by atoms with Crippen LogP contribution < -0.4 is 11.1 Å². The van der Waals surface area contributed by atoms with Crippen LogP contribution in [0, 0.1) is 0 Å². The molecule has 0 unspecified atom stereocenters. The van der Waals surface area contributed by atoms with Gasteiger partial charge in [-0.05, 0) is 30.3 Å². The van der Waals surface area contributed by atoms with Gasteiger partial charge in [0.05, 0.1) is 18.8 Å². The molecule has 9 nitrogen and oxygen atoms in total. The average Bonchev–Trinajstić information content (AvgIpc) is 3.17. The quantitative estimate of drug-likeness (QED) is 0.614. The van der Waals surface area contributed by atoms with Crippen molar-refractivity contribution in [2.45, 2.75) is 0 Å². The number of nitrogens with two attached hydrogens (primary N) is 1. The highest BCUT2D eigenvalue weighted by Crippen LogP contribution is 2.18. The summed E-state index contributed by atoms with van der Waals surface area (Å²) in [5.74, 6) is -1.56. The van der Waals surface area contributed by atoms with Gasteiger partial charge >= 0.3 is 0 Å². The number of nitrogens with zero attached hydrogens (tertiary/aromatic N) is 3. The molecular formula is C16H15N5O4. The number of nitrogens with one attached hydrogen (secondary N) is 1. The molecule has 0 spiro atoms. The van der Waals surface area contributed by atoms with Crippen LogP contribution in [0.2, 0.25) is 0 Å². The molecule has 0 fully saturated rings. The van der Waals surface area contributed by atoms with Gasteiger partial charge in [0.1, 0.15) is 11.4 Å². The maximum absolute atomic E-state index is 12.1. The van der Waals surface area contributed by atoms with Crippen molar-refractivity contribution in [3.8, 4) is 5.69 Å². The molecule has 1 aromatic carbocycles. The predicted molar refractivity (Wildman–Crippen MR) is 87.6 cm³/mol. The number of carbonyl (C=O) groups is 3. The van der Waals surface area contributed by atoms with Crippen molar-refractivity contribution in [3.05, 3.63) is 54.0 Å². The molecular weight excluding hydrogens is 326 g/mol. The summed E-state index contributed by atoms with van der Waals surface area (Å²) in [6.45, 7) is -0.329. The van der Waals surface area contributed by atoms with E-state index in [2.05, 4.69) is 10.4 Å². The summed E-state index contributed by atoms with van der Waals surface area (Å²) in [5, 5.41) is 15.8. The van der Waals surface area contributed by atoms with Gasteiger partial charge in [-0.15, -0.1) is 0 Å². The number of hydrogen-bond donors (Lipinski definition) is 3. The molecule has 0 radical (unpaired) electrons. The highest BCUT2D eigenvalue weighted by atomic mass is 16.3. The third kappa shape index (κ3) is 3.26. The number of amides is 3. The molecule has 0 aliphatic carbocycles. The van der Waals surface area contributed by atoms with Gasteiger partial charge < -0.3 is 16.2 Å². The normalized spacial score (nSPS) is 14.0. The Kier molecular flexibility index (Phi) is 4.31. The van der Waals surface area contributed by atoms with Crippen LogP contribution in [0.5, 0.6) is 0 Å². The molecule has 0 bridgehead atoms. The topological polar surface area (TPSA) is 131 Å². The van der Waals surface area contributed by atoms with Crippen molar-refractivity contribution in [2.75, 3.05) is 18.5 Å². The number of carbonyl (C=O) groups excluding carboxylic acids is 3. The summed E-state index contributed by atoms with van der Waals surface area (Å²) in [5.41, 5.74) is 6.76. The number of hydrogen-bond acceptors (Lipinski definition) is 6. The van der Waals surface area contributed by atoms with E-state index in [-0.39, 0.29) is 24.5 Å². The van der Waals surface area contributed by atoms with Crippen molar-refractivity contribution in [1.29, 1.82) is 0 Å². The SMILES string of the molecule is NC(=O)c1ccn(-c2ccc(NC3=CC(=O)N(CCO)C3=O)cc2)n1. The van der Waals surface area contributed by atoms with Crippen molar-refractivity contribution in [3.63, 3.8) is 0 Å². The minimum absolute atomic E-state index is 0.0419. The van der Waals surface area contributed by atoms with Crippen molar-refractivity contribution >= 4 is 23.4 Å². The second-order valence-electron chi connectivity index (χ2n) is 5.26. The molecule has 128 valence electrons. The van der Waals surface area contributed by atoms with E-state index in [0.717, 1.165) is 4.90 Å². The van der Waals surface area contributed by atoms with E-state index >= 15 is 0 Å². The Morgan fingerprint density at radius 1 is 1.20 bits per heavy atom. The van der Waals surface area contributed by atoms with Crippen molar-refractivity contribution in [2.24, 2.45) is 5.73 Å². The van der Waals surface area contributed by atoms with E-state index in [0.29, 0.717) is 11.4 Å². The van der Waals surface area contributed by atoms with Crippen LogP contribution in [0.1, 0.15) is 10.5 Å². The van der Waals surface area contributed by atoms with Gasteiger partial charge in [-0.25, -0.2) is 4.68 Å². The lowest BCUT2D eigenvalue weighted by Gasteiger charge is -2.13. The average molecular weight is 341 g/mol. The van der Waals surface area contributed by atoms with Crippen molar-refractivity contribution in [1.82, 2.24) is 14.7 Å². The lowest BCUT2D eigenvalue weighted by atomic mass is 10.2. The predicted octanol–water partition coefficient (Wildman–Crippen LogP) is -0.372. The summed E-state index contributed by atoms with van der Waals surface area (Å²) < 4.78 is 1.50. The number of aliphatic hydroxyl groups is 1. The van der Waals surface area contributed by atoms with Crippen LogP contribution in [0.3, 0.4) is 0 Å². The number of imide groups is 1. The molecule has 4 N–H and O–H groups in total. The highest BCUT2D eigenvalue weighted by molar-refractivity contribution is 6.17. The Bertz CT molecular complexity index is 869. The third-order valence-electron chi connectivity index (χ3n) is 3.59. The summed E-state index contributed by atoms with van der Waals surface area (Å²) in [4.78, 5) is 35.8. The number of rotatable bonds is 6. The number of primary amides is 1. The first-order valence-corrected chi connectivity index (χ1v) is 7.41. The fourth-order valence-corrected chi connectivity index (χ4v) is 2.36. The lowest BCUT2D eigenvalue weighted by Crippen LogP contribution is -2.34. The number of benzene rings is 1. The molecule has 9 heteroatoms. The zero-order valence-electron chi connectivity index (χ0n) is 13.0. The minimum atomic E-state index is -0.610. The molecule has 0 atom stereocenters. The monoisotopic (exact) mass is 341 g/mol. The largest absolute Gasteiger partial charge is 0.395 e. The Balaban J connectivity index is 1.73. The van der Waals surface area contributed by atoms with Crippen LogP contribution >= 0.6 is 0 Å². The summed E-state index contributed by atoms with van der Waals surface area (Å²) in [6, 6.07) is 8.38. The summed E-state index contributed by atoms with van der Waals surface area (Å²) >= 11 is 0. The van der Waals surface area contributed by atoms with Gasteiger partial charge in [-0.3, -0.25) is 19.3 Å². The maximum atomic E-state index is 12.1. The van der Waals surface area contributed by atoms with Gasteiger partial charge in [0.25, 0.3) is 17.7 Å². The molecule has 1 aromatic heterocycles. The standard InChI is InChI=1S/C16H15N5O4/c17-15(24)12-5-6-21(19-12)11-3-1-10(2-4-11)18-13-9-14(23)20(7-8-22)16(13)25/h1-6,9,18,22H,7-8H2,(H2,17,24). The molecule has 1 aliphatic heterocycles. The Morgan fingerprint density at radius 3 is 2.52 bits per heavy atom. The number of anilines is 1. The summed E-state index contributed by atoms with van der Waals surface area (Å²) in [6.07, 6.45) is 2.80. The van der Waals surface area contributed by atoms with E-state index in [1.54, 1.807) is 30.5 Å². The van der Waals surface area contributed by atoms with Gasteiger partial charge in [-0.2, -0.15) is 5.10 Å². The van der Waals surface area contributed by atoms with Crippen LogP contribution in [-0.2, 0) is 9.59 Å². The van der Waals surface area contributed by atoms with Crippen LogP contribution in [0.25, 0.3) is 5.69 Å². The Hall–Kier alpha value is -3.46. The smallest absolute Gasteiger partial charge is 0.277 e. The number of aliphatic hydroxyl groups excluding tert-OH is 1. The Labute approximate surface area is 142 Å². The van der Waals surface area contributed by atoms with Crippen LogP contribution in [0.4, 0.5) is 5.69 Å². The molecule has 1 aliphatic rings. The summed E-state index contributed by atoms with van der Waals surface area (Å²) in [7, 11) is 0. The zero-order chi connectivity index (χ0) is 18.0. The van der Waals surface area contributed by atoms with Crippen LogP contribution in [-0.4, -0.2) is 50.7 Å². The fourth-order valence-electron chi connectivity index (χ4n) is 2.36. The first-order valence-electron chi connectivity index (χ1n) is 7.41.